The number of anilines is 1. The van der Waals surface area contributed by atoms with Crippen LogP contribution >= 0.6 is 0 Å². The molecule has 0 saturated heterocycles. The van der Waals surface area contributed by atoms with Crippen LogP contribution in [0.4, 0.5) is 5.69 Å². The van der Waals surface area contributed by atoms with Crippen LogP contribution < -0.4 is 5.73 Å². The molecule has 1 atom stereocenters. The van der Waals surface area contributed by atoms with Gasteiger partial charge in [0.05, 0.1) is 16.8 Å². The fourth-order valence-electron chi connectivity index (χ4n) is 2.74. The van der Waals surface area contributed by atoms with E-state index in [4.69, 9.17) is 5.73 Å². The minimum Gasteiger partial charge on any atom is -0.399 e. The molecule has 2 aromatic rings. The van der Waals surface area contributed by atoms with Gasteiger partial charge in [-0.15, -0.1) is 0 Å². The molecule has 5 nitrogen and oxygen atoms in total. The lowest BCUT2D eigenvalue weighted by Gasteiger charge is -2.16. The quantitative estimate of drug-likeness (QED) is 0.876. The van der Waals surface area contributed by atoms with Gasteiger partial charge in [-0.1, -0.05) is 0 Å². The molecule has 108 valence electrons. The molecule has 0 aliphatic heterocycles. The summed E-state index contributed by atoms with van der Waals surface area (Å²) in [5.41, 5.74) is 8.31. The zero-order chi connectivity index (χ0) is 14.5. The van der Waals surface area contributed by atoms with Crippen molar-refractivity contribution in [1.82, 2.24) is 9.55 Å². The molecule has 1 aliphatic carbocycles. The highest BCUT2D eigenvalue weighted by Gasteiger charge is 2.31. The average molecular weight is 293 g/mol. The predicted molar refractivity (Wildman–Crippen MR) is 80.5 cm³/mol. The van der Waals surface area contributed by atoms with E-state index in [2.05, 4.69) is 9.55 Å². The van der Waals surface area contributed by atoms with Gasteiger partial charge in [0.25, 0.3) is 0 Å². The zero-order valence-electron chi connectivity index (χ0n) is 11.7. The fourth-order valence-corrected chi connectivity index (χ4v) is 3.77. The van der Waals surface area contributed by atoms with Crippen LogP contribution in [0.25, 0.3) is 11.0 Å². The van der Waals surface area contributed by atoms with Crippen LogP contribution in [0.5, 0.6) is 0 Å². The molecule has 1 heterocycles. The normalized spacial score (nSPS) is 17.5. The van der Waals surface area contributed by atoms with Crippen molar-refractivity contribution < 1.29 is 8.42 Å². The number of hydrogen-bond acceptors (Lipinski definition) is 4. The van der Waals surface area contributed by atoms with Gasteiger partial charge in [0.15, 0.2) is 0 Å². The number of aromatic nitrogens is 2. The van der Waals surface area contributed by atoms with Crippen molar-refractivity contribution in [2.45, 2.75) is 31.7 Å². The molecule has 20 heavy (non-hydrogen) atoms. The first-order chi connectivity index (χ1) is 9.35. The summed E-state index contributed by atoms with van der Waals surface area (Å²) in [6.45, 7) is 1.93. The number of hydrogen-bond donors (Lipinski definition) is 1. The number of benzene rings is 1. The maximum Gasteiger partial charge on any atom is 0.149 e. The van der Waals surface area contributed by atoms with E-state index < -0.39 is 9.84 Å². The zero-order valence-corrected chi connectivity index (χ0v) is 12.5. The number of rotatable bonds is 4. The van der Waals surface area contributed by atoms with Gasteiger partial charge in [0.2, 0.25) is 0 Å². The third-order valence-electron chi connectivity index (χ3n) is 3.67. The number of fused-ring (bicyclic) bond motifs is 1. The van der Waals surface area contributed by atoms with E-state index in [0.717, 1.165) is 29.7 Å². The molecular weight excluding hydrogens is 274 g/mol. The topological polar surface area (TPSA) is 78.0 Å². The minimum atomic E-state index is -3.02. The van der Waals surface area contributed by atoms with Gasteiger partial charge >= 0.3 is 0 Å². The van der Waals surface area contributed by atoms with Gasteiger partial charge in [0.1, 0.15) is 15.7 Å². The van der Waals surface area contributed by atoms with Gasteiger partial charge < -0.3 is 10.3 Å². The Kier molecular flexibility index (Phi) is 3.01. The molecule has 0 radical (unpaired) electrons. The molecule has 0 bridgehead atoms. The molecule has 1 aliphatic rings. The Hall–Kier alpha value is -1.56. The highest BCUT2D eigenvalue weighted by molar-refractivity contribution is 7.90. The lowest BCUT2D eigenvalue weighted by atomic mass is 10.2. The van der Waals surface area contributed by atoms with E-state index in [0.29, 0.717) is 11.6 Å². The van der Waals surface area contributed by atoms with Crippen LogP contribution in [0, 0.1) is 0 Å². The summed E-state index contributed by atoms with van der Waals surface area (Å²) in [5, 5.41) is 0. The molecular formula is C14H19N3O2S. The van der Waals surface area contributed by atoms with Crippen molar-refractivity contribution in [2.24, 2.45) is 0 Å². The Morgan fingerprint density at radius 2 is 2.15 bits per heavy atom. The minimum absolute atomic E-state index is 0.116. The van der Waals surface area contributed by atoms with Gasteiger partial charge in [-0.05, 0) is 38.0 Å². The van der Waals surface area contributed by atoms with E-state index >= 15 is 0 Å². The van der Waals surface area contributed by atoms with E-state index in [1.54, 1.807) is 0 Å². The summed E-state index contributed by atoms with van der Waals surface area (Å²) < 4.78 is 25.2. The van der Waals surface area contributed by atoms with Crippen molar-refractivity contribution >= 4 is 26.6 Å². The van der Waals surface area contributed by atoms with Gasteiger partial charge in [-0.3, -0.25) is 0 Å². The third kappa shape index (κ3) is 2.52. The summed E-state index contributed by atoms with van der Waals surface area (Å²) in [6.07, 6.45) is 3.53. The molecule has 1 aromatic heterocycles. The third-order valence-corrected chi connectivity index (χ3v) is 4.76. The Bertz CT molecular complexity index is 760. The molecule has 6 heteroatoms. The van der Waals surface area contributed by atoms with Crippen LogP contribution in [0.1, 0.15) is 37.5 Å². The highest BCUT2D eigenvalue weighted by atomic mass is 32.2. The molecule has 1 fully saturated rings. The lowest BCUT2D eigenvalue weighted by molar-refractivity contribution is 0.555. The van der Waals surface area contributed by atoms with Crippen LogP contribution in [-0.4, -0.2) is 30.0 Å². The fraction of sp³-hybridized carbons (Fsp3) is 0.500. The lowest BCUT2D eigenvalue weighted by Crippen LogP contribution is -2.18. The van der Waals surface area contributed by atoms with Crippen molar-refractivity contribution in [2.75, 3.05) is 17.7 Å². The summed E-state index contributed by atoms with van der Waals surface area (Å²) in [4.78, 5) is 4.67. The van der Waals surface area contributed by atoms with Crippen LogP contribution in [0.15, 0.2) is 18.2 Å². The summed E-state index contributed by atoms with van der Waals surface area (Å²) >= 11 is 0. The van der Waals surface area contributed by atoms with Crippen molar-refractivity contribution in [3.05, 3.63) is 24.0 Å². The summed E-state index contributed by atoms with van der Waals surface area (Å²) in [7, 11) is -3.02. The van der Waals surface area contributed by atoms with E-state index in [9.17, 15) is 8.42 Å². The monoisotopic (exact) mass is 293 g/mol. The summed E-state index contributed by atoms with van der Waals surface area (Å²) in [5.74, 6) is 1.59. The molecule has 1 aromatic carbocycles. The van der Waals surface area contributed by atoms with Gasteiger partial charge in [-0.2, -0.15) is 0 Å². The van der Waals surface area contributed by atoms with E-state index in [1.807, 2.05) is 25.1 Å². The number of imidazole rings is 1. The highest BCUT2D eigenvalue weighted by Crippen LogP contribution is 2.42. The molecule has 3 rings (SSSR count). The largest absolute Gasteiger partial charge is 0.399 e. The molecule has 0 amide bonds. The Labute approximate surface area is 118 Å². The molecule has 0 spiro atoms. The summed E-state index contributed by atoms with van der Waals surface area (Å²) in [6, 6.07) is 5.51. The van der Waals surface area contributed by atoms with Gasteiger partial charge in [0, 0.05) is 23.9 Å². The first-order valence-corrected chi connectivity index (χ1v) is 8.86. The standard InChI is InChI=1S/C14H19N3O2S/c1-9(8-20(2,18)19)17-13-6-5-11(15)7-12(13)16-14(17)10-3-4-10/h5-7,9-10H,3-4,8,15H2,1-2H3. The first-order valence-electron chi connectivity index (χ1n) is 6.80. The Morgan fingerprint density at radius 1 is 1.45 bits per heavy atom. The van der Waals surface area contributed by atoms with Crippen molar-refractivity contribution in [3.63, 3.8) is 0 Å². The number of sulfone groups is 1. The predicted octanol–water partition coefficient (Wildman–Crippen LogP) is 2.10. The molecule has 2 N–H and O–H groups in total. The van der Waals surface area contributed by atoms with E-state index in [1.165, 1.54) is 6.26 Å². The number of nitrogens with zero attached hydrogens (tertiary/aromatic N) is 2. The second-order valence-corrected chi connectivity index (χ2v) is 7.99. The smallest absolute Gasteiger partial charge is 0.149 e. The van der Waals surface area contributed by atoms with E-state index in [-0.39, 0.29) is 11.8 Å². The molecule has 1 saturated carbocycles. The van der Waals surface area contributed by atoms with Crippen LogP contribution in [0.2, 0.25) is 0 Å². The van der Waals surface area contributed by atoms with Gasteiger partial charge in [-0.25, -0.2) is 13.4 Å². The van der Waals surface area contributed by atoms with Crippen LogP contribution in [-0.2, 0) is 9.84 Å². The van der Waals surface area contributed by atoms with Crippen LogP contribution in [0.3, 0.4) is 0 Å². The second kappa shape index (κ2) is 4.48. The SMILES string of the molecule is CC(CS(C)(=O)=O)n1c(C2CC2)nc2cc(N)ccc21. The Balaban J connectivity index is 2.13. The van der Waals surface area contributed by atoms with Crippen molar-refractivity contribution in [1.29, 1.82) is 0 Å². The molecule has 1 unspecified atom stereocenters. The average Bonchev–Trinajstić information content (AvgIpc) is 3.07. The number of nitrogen functional groups attached to an aromatic ring is 1. The first kappa shape index (κ1) is 13.4. The Morgan fingerprint density at radius 3 is 2.75 bits per heavy atom. The maximum atomic E-state index is 11.6. The number of nitrogens with two attached hydrogens (primary N) is 1. The second-order valence-electron chi connectivity index (χ2n) is 5.80. The maximum absolute atomic E-state index is 11.6. The van der Waals surface area contributed by atoms with Crippen molar-refractivity contribution in [3.8, 4) is 0 Å².